The van der Waals surface area contributed by atoms with E-state index in [0.717, 1.165) is 5.56 Å². The maximum Gasteiger partial charge on any atom is 0.325 e. The van der Waals surface area contributed by atoms with Crippen LogP contribution >= 0.6 is 0 Å². The van der Waals surface area contributed by atoms with E-state index in [0.29, 0.717) is 23.6 Å². The number of carbonyl (C=O) groups excluding carboxylic acids is 1. The molecule has 2 heterocycles. The highest BCUT2D eigenvalue weighted by Crippen LogP contribution is 2.36. The molecule has 2 aromatic carbocycles. The Morgan fingerprint density at radius 2 is 1.86 bits per heavy atom. The molecule has 0 saturated carbocycles. The Labute approximate surface area is 170 Å². The molecule has 2 atom stereocenters. The Kier molecular flexibility index (Phi) is 4.92. The van der Waals surface area contributed by atoms with Gasteiger partial charge in [0.2, 0.25) is 0 Å². The SMILES string of the molecule is CCOc1ccc(N2C(=O)N(Cc3cccc(C#N)c3)[C@@H]3CS(=O)(=O)C[C@H]32)cc1. The molecule has 0 aliphatic carbocycles. The summed E-state index contributed by atoms with van der Waals surface area (Å²) in [6.45, 7) is 2.70. The van der Waals surface area contributed by atoms with Crippen LogP contribution in [0.25, 0.3) is 0 Å². The molecule has 0 bridgehead atoms. The van der Waals surface area contributed by atoms with Gasteiger partial charge in [-0.15, -0.1) is 0 Å². The molecular formula is C21H21N3O4S. The summed E-state index contributed by atoms with van der Waals surface area (Å²) in [4.78, 5) is 16.5. The number of urea groups is 1. The van der Waals surface area contributed by atoms with Crippen molar-refractivity contribution in [1.82, 2.24) is 4.90 Å². The number of sulfone groups is 1. The zero-order valence-corrected chi connectivity index (χ0v) is 16.8. The zero-order chi connectivity index (χ0) is 20.6. The van der Waals surface area contributed by atoms with Crippen molar-refractivity contribution in [1.29, 1.82) is 5.26 Å². The van der Waals surface area contributed by atoms with Gasteiger partial charge < -0.3 is 9.64 Å². The minimum atomic E-state index is -3.24. The Morgan fingerprint density at radius 1 is 1.14 bits per heavy atom. The maximum atomic E-state index is 13.3. The van der Waals surface area contributed by atoms with Crippen LogP contribution in [0.4, 0.5) is 10.5 Å². The second-order valence-corrected chi connectivity index (χ2v) is 9.38. The first-order valence-corrected chi connectivity index (χ1v) is 11.3. The molecular weight excluding hydrogens is 390 g/mol. The fourth-order valence-electron chi connectivity index (χ4n) is 4.07. The van der Waals surface area contributed by atoms with Crippen molar-refractivity contribution in [2.24, 2.45) is 0 Å². The number of hydrogen-bond donors (Lipinski definition) is 0. The molecule has 150 valence electrons. The Bertz CT molecular complexity index is 1080. The predicted molar refractivity (Wildman–Crippen MR) is 108 cm³/mol. The summed E-state index contributed by atoms with van der Waals surface area (Å²) in [5, 5.41) is 9.12. The first kappa shape index (κ1) is 19.3. The lowest BCUT2D eigenvalue weighted by atomic mass is 10.1. The Morgan fingerprint density at radius 3 is 2.55 bits per heavy atom. The van der Waals surface area contributed by atoms with Gasteiger partial charge in [-0.05, 0) is 48.9 Å². The number of hydrogen-bond acceptors (Lipinski definition) is 5. The van der Waals surface area contributed by atoms with E-state index in [1.54, 1.807) is 52.3 Å². The molecule has 4 rings (SSSR count). The highest BCUT2D eigenvalue weighted by atomic mass is 32.2. The topological polar surface area (TPSA) is 90.7 Å². The number of amides is 2. The summed E-state index contributed by atoms with van der Waals surface area (Å²) >= 11 is 0. The van der Waals surface area contributed by atoms with Gasteiger partial charge in [0.15, 0.2) is 9.84 Å². The number of ether oxygens (including phenoxy) is 1. The molecule has 2 fully saturated rings. The van der Waals surface area contributed by atoms with Gasteiger partial charge in [-0.25, -0.2) is 13.2 Å². The number of rotatable bonds is 5. The third-order valence-corrected chi connectivity index (χ3v) is 7.01. The summed E-state index contributed by atoms with van der Waals surface area (Å²) in [7, 11) is -3.24. The van der Waals surface area contributed by atoms with Gasteiger partial charge in [0, 0.05) is 12.2 Å². The summed E-state index contributed by atoms with van der Waals surface area (Å²) in [6.07, 6.45) is 0. The van der Waals surface area contributed by atoms with Crippen LogP contribution in [0, 0.1) is 11.3 Å². The van der Waals surface area contributed by atoms with Crippen molar-refractivity contribution in [3.8, 4) is 11.8 Å². The molecule has 29 heavy (non-hydrogen) atoms. The summed E-state index contributed by atoms with van der Waals surface area (Å²) < 4.78 is 30.1. The van der Waals surface area contributed by atoms with E-state index in [9.17, 15) is 13.2 Å². The minimum Gasteiger partial charge on any atom is -0.494 e. The number of anilines is 1. The number of nitrogens with zero attached hydrogens (tertiary/aromatic N) is 3. The number of carbonyl (C=O) groups is 1. The van der Waals surface area contributed by atoms with Gasteiger partial charge in [-0.1, -0.05) is 12.1 Å². The molecule has 2 amide bonds. The molecule has 0 unspecified atom stereocenters. The van der Waals surface area contributed by atoms with Crippen LogP contribution in [0.15, 0.2) is 48.5 Å². The van der Waals surface area contributed by atoms with Crippen molar-refractivity contribution in [3.05, 3.63) is 59.7 Å². The van der Waals surface area contributed by atoms with Crippen LogP contribution in [0.2, 0.25) is 0 Å². The van der Waals surface area contributed by atoms with Gasteiger partial charge in [-0.2, -0.15) is 5.26 Å². The van der Waals surface area contributed by atoms with E-state index in [1.165, 1.54) is 0 Å². The lowest BCUT2D eigenvalue weighted by Gasteiger charge is -2.23. The minimum absolute atomic E-state index is 0.0467. The van der Waals surface area contributed by atoms with E-state index in [-0.39, 0.29) is 24.1 Å². The van der Waals surface area contributed by atoms with Crippen molar-refractivity contribution in [3.63, 3.8) is 0 Å². The largest absolute Gasteiger partial charge is 0.494 e. The van der Waals surface area contributed by atoms with Crippen LogP contribution in [0.5, 0.6) is 5.75 Å². The van der Waals surface area contributed by atoms with Crippen molar-refractivity contribution in [2.75, 3.05) is 23.0 Å². The van der Waals surface area contributed by atoms with Gasteiger partial charge in [0.25, 0.3) is 0 Å². The number of benzene rings is 2. The molecule has 7 nitrogen and oxygen atoms in total. The van der Waals surface area contributed by atoms with E-state index >= 15 is 0 Å². The first-order valence-electron chi connectivity index (χ1n) is 9.44. The predicted octanol–water partition coefficient (Wildman–Crippen LogP) is 2.56. The van der Waals surface area contributed by atoms with Gasteiger partial charge in [-0.3, -0.25) is 4.90 Å². The van der Waals surface area contributed by atoms with Crippen molar-refractivity contribution < 1.29 is 17.9 Å². The van der Waals surface area contributed by atoms with Crippen molar-refractivity contribution >= 4 is 21.6 Å². The van der Waals surface area contributed by atoms with Gasteiger partial charge in [0.05, 0.1) is 41.8 Å². The highest BCUT2D eigenvalue weighted by molar-refractivity contribution is 7.91. The molecule has 0 radical (unpaired) electrons. The fraction of sp³-hybridized carbons (Fsp3) is 0.333. The maximum absolute atomic E-state index is 13.3. The summed E-state index contributed by atoms with van der Waals surface area (Å²) in [5.74, 6) is 0.601. The standard InChI is InChI=1S/C21H21N3O4S/c1-2-28-18-8-6-17(7-9-18)24-20-14-29(26,27)13-19(20)23(21(24)25)12-16-5-3-4-15(10-16)11-22/h3-10,19-20H,2,12-14H2,1H3/t19-,20-/m1/s1. The molecule has 0 spiro atoms. The van der Waals surface area contributed by atoms with Gasteiger partial charge >= 0.3 is 6.03 Å². The molecule has 2 saturated heterocycles. The van der Waals surface area contributed by atoms with E-state index < -0.39 is 21.9 Å². The van der Waals surface area contributed by atoms with E-state index in [2.05, 4.69) is 6.07 Å². The third kappa shape index (κ3) is 3.66. The Hall–Kier alpha value is -3.05. The second kappa shape index (κ2) is 7.41. The van der Waals surface area contributed by atoms with E-state index in [4.69, 9.17) is 10.00 Å². The Balaban J connectivity index is 1.66. The van der Waals surface area contributed by atoms with Crippen LogP contribution in [-0.2, 0) is 16.4 Å². The number of nitriles is 1. The molecule has 0 N–H and O–H groups in total. The van der Waals surface area contributed by atoms with Crippen LogP contribution in [0.3, 0.4) is 0 Å². The number of fused-ring (bicyclic) bond motifs is 1. The molecule has 2 aliphatic rings. The first-order chi connectivity index (χ1) is 13.9. The average Bonchev–Trinajstić information content (AvgIpc) is 3.13. The molecule has 2 aliphatic heterocycles. The lowest BCUT2D eigenvalue weighted by molar-refractivity contribution is 0.206. The quantitative estimate of drug-likeness (QED) is 0.706. The molecule has 0 aromatic heterocycles. The van der Waals surface area contributed by atoms with Crippen LogP contribution in [0.1, 0.15) is 18.1 Å². The molecule has 2 aromatic rings. The zero-order valence-electron chi connectivity index (χ0n) is 16.0. The normalized spacial score (nSPS) is 22.4. The highest BCUT2D eigenvalue weighted by Gasteiger charge is 2.53. The smallest absolute Gasteiger partial charge is 0.325 e. The lowest BCUT2D eigenvalue weighted by Crippen LogP contribution is -2.37. The van der Waals surface area contributed by atoms with Crippen molar-refractivity contribution in [2.45, 2.75) is 25.6 Å². The fourth-order valence-corrected chi connectivity index (χ4v) is 6.02. The second-order valence-electron chi connectivity index (χ2n) is 7.23. The van der Waals surface area contributed by atoms with Crippen LogP contribution in [-0.4, -0.2) is 49.5 Å². The summed E-state index contributed by atoms with van der Waals surface area (Å²) in [6, 6.07) is 15.2. The third-order valence-electron chi connectivity index (χ3n) is 5.31. The van der Waals surface area contributed by atoms with Crippen LogP contribution < -0.4 is 9.64 Å². The van der Waals surface area contributed by atoms with Gasteiger partial charge in [0.1, 0.15) is 5.75 Å². The monoisotopic (exact) mass is 411 g/mol. The average molecular weight is 411 g/mol. The summed E-state index contributed by atoms with van der Waals surface area (Å²) in [5.41, 5.74) is 1.96. The van der Waals surface area contributed by atoms with E-state index in [1.807, 2.05) is 13.0 Å². The molecule has 8 heteroatoms.